The molecule has 2 aromatic heterocycles. The minimum Gasteiger partial charge on any atom is -0.258 e. The number of imidazole rings is 1. The zero-order chi connectivity index (χ0) is 15.3. The molecule has 22 heavy (non-hydrogen) atoms. The predicted octanol–water partition coefficient (Wildman–Crippen LogP) is 4.17. The number of halogens is 1. The molecule has 6 nitrogen and oxygen atoms in total. The first-order valence-electron chi connectivity index (χ1n) is 6.31. The average molecular weight is 331 g/mol. The zero-order valence-corrected chi connectivity index (χ0v) is 12.5. The maximum atomic E-state index is 10.7. The fraction of sp³-hybridized carbons (Fsp3) is 0. The normalized spacial score (nSPS) is 11.3. The van der Waals surface area contributed by atoms with Crippen molar-refractivity contribution in [2.75, 3.05) is 0 Å². The minimum absolute atomic E-state index is 0.0603. The Morgan fingerprint density at radius 3 is 2.68 bits per heavy atom. The summed E-state index contributed by atoms with van der Waals surface area (Å²) < 4.78 is 1.76. The van der Waals surface area contributed by atoms with E-state index < -0.39 is 4.92 Å². The van der Waals surface area contributed by atoms with E-state index in [0.29, 0.717) is 5.02 Å². The standard InChI is InChI=1S/C14H7ClN4O2S/c15-9-3-6-12-11(7-9)16-14-18(12)17-13(22-14)8-1-4-10(5-2-8)19(20)21/h1-7H. The molecule has 0 aliphatic heterocycles. The predicted molar refractivity (Wildman–Crippen MR) is 85.5 cm³/mol. The number of hydrogen-bond acceptors (Lipinski definition) is 5. The first-order valence-corrected chi connectivity index (χ1v) is 7.51. The Morgan fingerprint density at radius 2 is 1.95 bits per heavy atom. The molecule has 0 saturated carbocycles. The van der Waals surface area contributed by atoms with Gasteiger partial charge in [-0.2, -0.15) is 5.10 Å². The van der Waals surface area contributed by atoms with Gasteiger partial charge in [0.05, 0.1) is 16.0 Å². The van der Waals surface area contributed by atoms with Gasteiger partial charge in [-0.05, 0) is 30.3 Å². The Bertz CT molecular complexity index is 1020. The number of nitro groups is 1. The molecule has 8 heteroatoms. The number of benzene rings is 2. The topological polar surface area (TPSA) is 73.3 Å². The van der Waals surface area contributed by atoms with Gasteiger partial charge >= 0.3 is 0 Å². The van der Waals surface area contributed by atoms with Crippen LogP contribution < -0.4 is 0 Å². The van der Waals surface area contributed by atoms with Crippen molar-refractivity contribution in [3.63, 3.8) is 0 Å². The molecule has 0 saturated heterocycles. The van der Waals surface area contributed by atoms with E-state index in [1.807, 2.05) is 6.07 Å². The number of fused-ring (bicyclic) bond motifs is 3. The van der Waals surface area contributed by atoms with Crippen LogP contribution in [-0.2, 0) is 0 Å². The van der Waals surface area contributed by atoms with Gasteiger partial charge in [0, 0.05) is 22.7 Å². The summed E-state index contributed by atoms with van der Waals surface area (Å²) in [6.07, 6.45) is 0. The lowest BCUT2D eigenvalue weighted by molar-refractivity contribution is -0.384. The third-order valence-corrected chi connectivity index (χ3v) is 4.46. The SMILES string of the molecule is O=[N+]([O-])c1ccc(-c2nn3c(nc4cc(Cl)ccc43)s2)cc1. The lowest BCUT2D eigenvalue weighted by Crippen LogP contribution is -1.88. The molecule has 0 atom stereocenters. The van der Waals surface area contributed by atoms with E-state index in [1.165, 1.54) is 23.5 Å². The van der Waals surface area contributed by atoms with Crippen molar-refractivity contribution < 1.29 is 4.92 Å². The number of non-ortho nitro benzene ring substituents is 1. The van der Waals surface area contributed by atoms with Crippen LogP contribution in [0.3, 0.4) is 0 Å². The van der Waals surface area contributed by atoms with Crippen LogP contribution in [0.5, 0.6) is 0 Å². The van der Waals surface area contributed by atoms with E-state index in [9.17, 15) is 10.1 Å². The second kappa shape index (κ2) is 4.75. The fourth-order valence-corrected chi connectivity index (χ4v) is 3.31. The smallest absolute Gasteiger partial charge is 0.258 e. The summed E-state index contributed by atoms with van der Waals surface area (Å²) in [4.78, 5) is 15.5. The zero-order valence-electron chi connectivity index (χ0n) is 10.9. The molecule has 0 N–H and O–H groups in total. The number of rotatable bonds is 2. The van der Waals surface area contributed by atoms with Crippen LogP contribution >= 0.6 is 22.9 Å². The largest absolute Gasteiger partial charge is 0.269 e. The number of aromatic nitrogens is 3. The summed E-state index contributed by atoms with van der Waals surface area (Å²) in [5.41, 5.74) is 2.55. The molecular formula is C14H7ClN4O2S. The van der Waals surface area contributed by atoms with Crippen LogP contribution in [0.4, 0.5) is 5.69 Å². The summed E-state index contributed by atoms with van der Waals surface area (Å²) >= 11 is 7.38. The molecule has 0 fully saturated rings. The van der Waals surface area contributed by atoms with Crippen molar-refractivity contribution in [2.24, 2.45) is 0 Å². The van der Waals surface area contributed by atoms with Gasteiger partial charge in [0.25, 0.3) is 5.69 Å². The van der Waals surface area contributed by atoms with Crippen molar-refractivity contribution in [3.05, 3.63) is 57.6 Å². The van der Waals surface area contributed by atoms with E-state index in [0.717, 1.165) is 26.6 Å². The molecule has 0 unspecified atom stereocenters. The van der Waals surface area contributed by atoms with Gasteiger partial charge in [-0.15, -0.1) is 0 Å². The van der Waals surface area contributed by atoms with Crippen LogP contribution in [-0.4, -0.2) is 19.5 Å². The summed E-state index contributed by atoms with van der Waals surface area (Å²) in [6.45, 7) is 0. The fourth-order valence-electron chi connectivity index (χ4n) is 2.22. The maximum absolute atomic E-state index is 10.7. The quantitative estimate of drug-likeness (QED) is 0.408. The van der Waals surface area contributed by atoms with Crippen LogP contribution in [0.25, 0.3) is 26.6 Å². The van der Waals surface area contributed by atoms with Crippen molar-refractivity contribution in [2.45, 2.75) is 0 Å². The Balaban J connectivity index is 1.84. The molecular weight excluding hydrogens is 324 g/mol. The second-order valence-corrected chi connectivity index (χ2v) is 6.04. The van der Waals surface area contributed by atoms with E-state index in [4.69, 9.17) is 11.6 Å². The number of nitro benzene ring substituents is 1. The van der Waals surface area contributed by atoms with Gasteiger partial charge in [0.1, 0.15) is 5.01 Å². The molecule has 108 valence electrons. The van der Waals surface area contributed by atoms with E-state index in [-0.39, 0.29) is 5.69 Å². The third-order valence-electron chi connectivity index (χ3n) is 3.27. The first-order chi connectivity index (χ1) is 10.6. The van der Waals surface area contributed by atoms with Gasteiger partial charge in [-0.25, -0.2) is 9.50 Å². The highest BCUT2D eigenvalue weighted by molar-refractivity contribution is 7.19. The summed E-state index contributed by atoms with van der Waals surface area (Å²) in [5, 5.41) is 16.6. The van der Waals surface area contributed by atoms with E-state index in [2.05, 4.69) is 10.1 Å². The number of nitrogens with zero attached hydrogens (tertiary/aromatic N) is 4. The molecule has 0 bridgehead atoms. The molecule has 0 aliphatic carbocycles. The molecule has 4 aromatic rings. The first kappa shape index (κ1) is 13.2. The Morgan fingerprint density at radius 1 is 1.18 bits per heavy atom. The lowest BCUT2D eigenvalue weighted by atomic mass is 10.2. The van der Waals surface area contributed by atoms with E-state index in [1.54, 1.807) is 28.8 Å². The lowest BCUT2D eigenvalue weighted by Gasteiger charge is -1.95. The van der Waals surface area contributed by atoms with Crippen LogP contribution in [0.1, 0.15) is 0 Å². The molecule has 0 spiro atoms. The highest BCUT2D eigenvalue weighted by Crippen LogP contribution is 2.30. The van der Waals surface area contributed by atoms with Crippen LogP contribution in [0, 0.1) is 10.1 Å². The van der Waals surface area contributed by atoms with Crippen molar-refractivity contribution in [1.82, 2.24) is 14.6 Å². The Hall–Kier alpha value is -2.51. The summed E-state index contributed by atoms with van der Waals surface area (Å²) in [5.74, 6) is 0. The maximum Gasteiger partial charge on any atom is 0.269 e. The molecule has 0 amide bonds. The van der Waals surface area contributed by atoms with Gasteiger partial charge in [-0.3, -0.25) is 10.1 Å². The van der Waals surface area contributed by atoms with Gasteiger partial charge in [-0.1, -0.05) is 22.9 Å². The minimum atomic E-state index is -0.421. The van der Waals surface area contributed by atoms with Gasteiger partial charge in [0.15, 0.2) is 0 Å². The molecule has 2 heterocycles. The van der Waals surface area contributed by atoms with Crippen molar-refractivity contribution >= 4 is 44.6 Å². The van der Waals surface area contributed by atoms with Crippen LogP contribution in [0.15, 0.2) is 42.5 Å². The second-order valence-electron chi connectivity index (χ2n) is 4.65. The Kier molecular flexibility index (Phi) is 2.85. The highest BCUT2D eigenvalue weighted by atomic mass is 35.5. The monoisotopic (exact) mass is 330 g/mol. The average Bonchev–Trinajstić information content (AvgIpc) is 3.04. The molecule has 0 radical (unpaired) electrons. The van der Waals surface area contributed by atoms with E-state index >= 15 is 0 Å². The molecule has 0 aliphatic rings. The summed E-state index contributed by atoms with van der Waals surface area (Å²) in [6, 6.07) is 11.8. The highest BCUT2D eigenvalue weighted by Gasteiger charge is 2.13. The van der Waals surface area contributed by atoms with Gasteiger partial charge < -0.3 is 0 Å². The van der Waals surface area contributed by atoms with Crippen LogP contribution in [0.2, 0.25) is 5.02 Å². The summed E-state index contributed by atoms with van der Waals surface area (Å²) in [7, 11) is 0. The van der Waals surface area contributed by atoms with Gasteiger partial charge in [0.2, 0.25) is 4.96 Å². The van der Waals surface area contributed by atoms with Crippen molar-refractivity contribution in [3.8, 4) is 10.6 Å². The van der Waals surface area contributed by atoms with Crippen molar-refractivity contribution in [1.29, 1.82) is 0 Å². The Labute approximate surface area is 132 Å². The third kappa shape index (κ3) is 2.02. The molecule has 2 aromatic carbocycles. The molecule has 4 rings (SSSR count). The number of hydrogen-bond donors (Lipinski definition) is 0.